The minimum atomic E-state index is -0.798. The molecule has 0 heterocycles. The highest BCUT2D eigenvalue weighted by Crippen LogP contribution is 2.12. The average molecular weight is 641 g/mol. The third kappa shape index (κ3) is 34.2. The molecule has 0 aromatic heterocycles. The Morgan fingerprint density at radius 1 is 0.522 bits per heavy atom. The van der Waals surface area contributed by atoms with Gasteiger partial charge in [0.2, 0.25) is 0 Å². The molecule has 262 valence electrons. The standard InChI is InChI=1S/C41H68O5/c1-3-5-7-9-11-13-15-17-19-20-22-23-25-27-29-31-33-35-40(43)45-38-39(37-42)46-41(44)36-34-32-30-28-26-24-21-18-16-14-12-10-8-6-4-2/h5,7,11,13-14,16-17,19,22-23,27,29,39,42H,3-4,6,8-10,12,15,18,20-21,24-26,28,30-38H2,1-2H3/t39-/m0/s1. The molecule has 5 nitrogen and oxygen atoms in total. The van der Waals surface area contributed by atoms with E-state index >= 15 is 0 Å². The highest BCUT2D eigenvalue weighted by atomic mass is 16.6. The molecule has 0 bridgehead atoms. The molecule has 0 aliphatic heterocycles. The molecule has 0 rings (SSSR count). The number of rotatable bonds is 32. The van der Waals surface area contributed by atoms with Gasteiger partial charge in [0.25, 0.3) is 0 Å². The zero-order chi connectivity index (χ0) is 33.6. The van der Waals surface area contributed by atoms with Gasteiger partial charge in [-0.3, -0.25) is 9.59 Å². The van der Waals surface area contributed by atoms with Crippen LogP contribution in [0.2, 0.25) is 0 Å². The van der Waals surface area contributed by atoms with Gasteiger partial charge in [0.15, 0.2) is 6.10 Å². The highest BCUT2D eigenvalue weighted by Gasteiger charge is 2.16. The summed E-state index contributed by atoms with van der Waals surface area (Å²) in [7, 11) is 0. The fourth-order valence-corrected chi connectivity index (χ4v) is 4.70. The first-order valence-corrected chi connectivity index (χ1v) is 18.5. The molecule has 0 saturated heterocycles. The third-order valence-corrected chi connectivity index (χ3v) is 7.48. The number of unbranched alkanes of at least 4 members (excludes halogenated alkanes) is 12. The average Bonchev–Trinajstić information content (AvgIpc) is 3.06. The molecule has 0 radical (unpaired) electrons. The van der Waals surface area contributed by atoms with E-state index in [1.165, 1.54) is 64.2 Å². The van der Waals surface area contributed by atoms with Gasteiger partial charge in [0.1, 0.15) is 6.61 Å². The lowest BCUT2D eigenvalue weighted by atomic mass is 10.1. The quantitative estimate of drug-likeness (QED) is 0.0450. The molecule has 0 aliphatic rings. The van der Waals surface area contributed by atoms with Crippen LogP contribution in [0, 0.1) is 0 Å². The molecule has 0 aromatic rings. The summed E-state index contributed by atoms with van der Waals surface area (Å²) in [5.41, 5.74) is 0. The van der Waals surface area contributed by atoms with Crippen molar-refractivity contribution in [2.45, 2.75) is 161 Å². The van der Waals surface area contributed by atoms with Crippen molar-refractivity contribution in [2.24, 2.45) is 0 Å². The van der Waals surface area contributed by atoms with E-state index in [2.05, 4.69) is 86.8 Å². The van der Waals surface area contributed by atoms with Crippen molar-refractivity contribution >= 4 is 11.9 Å². The van der Waals surface area contributed by atoms with Gasteiger partial charge in [0.05, 0.1) is 6.61 Å². The Kier molecular flexibility index (Phi) is 34.7. The molecule has 46 heavy (non-hydrogen) atoms. The first-order chi connectivity index (χ1) is 22.6. The maximum absolute atomic E-state index is 12.1. The molecule has 0 spiro atoms. The highest BCUT2D eigenvalue weighted by molar-refractivity contribution is 5.70. The molecule has 0 aliphatic carbocycles. The molecule has 0 unspecified atom stereocenters. The number of esters is 2. The Bertz CT molecular complexity index is 864. The summed E-state index contributed by atoms with van der Waals surface area (Å²) in [4.78, 5) is 24.2. The van der Waals surface area contributed by atoms with Crippen molar-refractivity contribution in [3.8, 4) is 0 Å². The van der Waals surface area contributed by atoms with Crippen molar-refractivity contribution in [1.82, 2.24) is 0 Å². The van der Waals surface area contributed by atoms with Gasteiger partial charge in [-0.2, -0.15) is 0 Å². The van der Waals surface area contributed by atoms with E-state index < -0.39 is 6.10 Å². The lowest BCUT2D eigenvalue weighted by Gasteiger charge is -2.15. The lowest BCUT2D eigenvalue weighted by molar-refractivity contribution is -0.161. The van der Waals surface area contributed by atoms with Crippen LogP contribution in [0.3, 0.4) is 0 Å². The minimum Gasteiger partial charge on any atom is -0.462 e. The number of hydrogen-bond acceptors (Lipinski definition) is 5. The lowest BCUT2D eigenvalue weighted by Crippen LogP contribution is -2.28. The predicted molar refractivity (Wildman–Crippen MR) is 196 cm³/mol. The van der Waals surface area contributed by atoms with Crippen LogP contribution in [0.1, 0.15) is 155 Å². The van der Waals surface area contributed by atoms with Crippen LogP contribution in [0.4, 0.5) is 0 Å². The number of carbonyl (C=O) groups is 2. The summed E-state index contributed by atoms with van der Waals surface area (Å²) >= 11 is 0. The van der Waals surface area contributed by atoms with Gasteiger partial charge in [-0.25, -0.2) is 0 Å². The van der Waals surface area contributed by atoms with Crippen molar-refractivity contribution in [3.05, 3.63) is 72.9 Å². The van der Waals surface area contributed by atoms with E-state index in [1.54, 1.807) is 0 Å². The molecule has 0 saturated carbocycles. The SMILES string of the molecule is CCC=CCC=CCC=CCC=CCC=CCCCC(=O)OC[C@H](CO)OC(=O)CCCCCCCCCC=CCCCCCC. The van der Waals surface area contributed by atoms with Crippen LogP contribution in [-0.2, 0) is 19.1 Å². The molecular weight excluding hydrogens is 572 g/mol. The second-order valence-corrected chi connectivity index (χ2v) is 11.9. The first-order valence-electron chi connectivity index (χ1n) is 18.5. The van der Waals surface area contributed by atoms with E-state index in [0.29, 0.717) is 19.3 Å². The van der Waals surface area contributed by atoms with Crippen LogP contribution in [0.15, 0.2) is 72.9 Å². The number of carbonyl (C=O) groups excluding carboxylic acids is 2. The van der Waals surface area contributed by atoms with Crippen molar-refractivity contribution < 1.29 is 24.2 Å². The summed E-state index contributed by atoms with van der Waals surface area (Å²) in [5.74, 6) is -0.671. The summed E-state index contributed by atoms with van der Waals surface area (Å²) in [5, 5.41) is 9.53. The molecular formula is C41H68O5. The van der Waals surface area contributed by atoms with Gasteiger partial charge in [0, 0.05) is 12.8 Å². The Balaban J connectivity index is 3.70. The molecule has 5 heteroatoms. The fourth-order valence-electron chi connectivity index (χ4n) is 4.70. The van der Waals surface area contributed by atoms with Crippen molar-refractivity contribution in [2.75, 3.05) is 13.2 Å². The van der Waals surface area contributed by atoms with Crippen molar-refractivity contribution in [3.63, 3.8) is 0 Å². The second kappa shape index (κ2) is 36.8. The van der Waals surface area contributed by atoms with E-state index in [0.717, 1.165) is 57.8 Å². The van der Waals surface area contributed by atoms with Crippen LogP contribution < -0.4 is 0 Å². The van der Waals surface area contributed by atoms with E-state index in [9.17, 15) is 14.7 Å². The Morgan fingerprint density at radius 2 is 0.957 bits per heavy atom. The number of ether oxygens (including phenoxy) is 2. The maximum Gasteiger partial charge on any atom is 0.306 e. The van der Waals surface area contributed by atoms with Crippen LogP contribution in [-0.4, -0.2) is 36.4 Å². The molecule has 1 N–H and O–H groups in total. The van der Waals surface area contributed by atoms with Crippen LogP contribution >= 0.6 is 0 Å². The Morgan fingerprint density at radius 3 is 1.50 bits per heavy atom. The van der Waals surface area contributed by atoms with E-state index in [4.69, 9.17) is 9.47 Å². The van der Waals surface area contributed by atoms with Gasteiger partial charge >= 0.3 is 11.9 Å². The van der Waals surface area contributed by atoms with Gasteiger partial charge in [-0.15, -0.1) is 0 Å². The topological polar surface area (TPSA) is 72.8 Å². The molecule has 0 fully saturated rings. The minimum absolute atomic E-state index is 0.100. The Hall–Kier alpha value is -2.66. The number of aliphatic hydroxyl groups excluding tert-OH is 1. The number of aliphatic hydroxyl groups is 1. The van der Waals surface area contributed by atoms with Gasteiger partial charge in [-0.1, -0.05) is 138 Å². The Labute approximate surface area is 283 Å². The van der Waals surface area contributed by atoms with Gasteiger partial charge < -0.3 is 14.6 Å². The largest absolute Gasteiger partial charge is 0.462 e. The predicted octanol–water partition coefficient (Wildman–Crippen LogP) is 11.4. The van der Waals surface area contributed by atoms with Crippen LogP contribution in [0.25, 0.3) is 0 Å². The molecule has 0 aromatic carbocycles. The molecule has 0 amide bonds. The summed E-state index contributed by atoms with van der Waals surface area (Å²) < 4.78 is 10.5. The second-order valence-electron chi connectivity index (χ2n) is 11.9. The first kappa shape index (κ1) is 43.3. The third-order valence-electron chi connectivity index (χ3n) is 7.48. The normalized spacial score (nSPS) is 13.0. The summed E-state index contributed by atoms with van der Waals surface area (Å²) in [6, 6.07) is 0. The summed E-state index contributed by atoms with van der Waals surface area (Å²) in [6.07, 6.45) is 48.2. The zero-order valence-electron chi connectivity index (χ0n) is 29.6. The smallest absolute Gasteiger partial charge is 0.306 e. The van der Waals surface area contributed by atoms with Gasteiger partial charge in [-0.05, 0) is 77.0 Å². The number of hydrogen-bond donors (Lipinski definition) is 1. The monoisotopic (exact) mass is 641 g/mol. The van der Waals surface area contributed by atoms with E-state index in [1.807, 2.05) is 0 Å². The maximum atomic E-state index is 12.1. The van der Waals surface area contributed by atoms with Crippen molar-refractivity contribution in [1.29, 1.82) is 0 Å². The zero-order valence-corrected chi connectivity index (χ0v) is 29.6. The number of allylic oxidation sites excluding steroid dienone is 12. The molecule has 1 atom stereocenters. The van der Waals surface area contributed by atoms with E-state index in [-0.39, 0.29) is 25.2 Å². The van der Waals surface area contributed by atoms with Crippen LogP contribution in [0.5, 0.6) is 0 Å². The fraction of sp³-hybridized carbons (Fsp3) is 0.659. The summed E-state index contributed by atoms with van der Waals surface area (Å²) in [6.45, 7) is 3.94.